The van der Waals surface area contributed by atoms with Crippen molar-refractivity contribution >= 4 is 0 Å². The smallest absolute Gasteiger partial charge is 0.0648 e. The molecular formula is C13H23N3. The molecule has 3 heteroatoms. The monoisotopic (exact) mass is 221 g/mol. The van der Waals surface area contributed by atoms with Crippen molar-refractivity contribution in [3.8, 4) is 0 Å². The third-order valence-electron chi connectivity index (χ3n) is 2.73. The van der Waals surface area contributed by atoms with E-state index in [1.165, 1.54) is 5.56 Å². The maximum Gasteiger partial charge on any atom is 0.0648 e. The minimum atomic E-state index is 0.177. The molecule has 1 aromatic rings. The summed E-state index contributed by atoms with van der Waals surface area (Å²) in [6, 6.07) is 2.47. The molecule has 1 aromatic heterocycles. The number of aryl methyl sites for hydroxylation is 2. The topological polar surface area (TPSA) is 37.8 Å². The van der Waals surface area contributed by atoms with E-state index in [-0.39, 0.29) is 5.41 Å². The molecule has 0 aliphatic heterocycles. The molecule has 0 amide bonds. The van der Waals surface area contributed by atoms with Gasteiger partial charge in [-0.3, -0.25) is 0 Å². The summed E-state index contributed by atoms with van der Waals surface area (Å²) >= 11 is 0. The summed E-state index contributed by atoms with van der Waals surface area (Å²) in [5.41, 5.74) is 3.44. The Balaban J connectivity index is 3.15. The number of hydrogen-bond donors (Lipinski definition) is 1. The lowest BCUT2D eigenvalue weighted by Crippen LogP contribution is -2.33. The van der Waals surface area contributed by atoms with E-state index in [1.54, 1.807) is 0 Å². The second kappa shape index (κ2) is 4.91. The average Bonchev–Trinajstić information content (AvgIpc) is 2.17. The van der Waals surface area contributed by atoms with Crippen LogP contribution in [0.25, 0.3) is 0 Å². The molecule has 0 aliphatic carbocycles. The van der Waals surface area contributed by atoms with Crippen LogP contribution in [0, 0.1) is 19.3 Å². The molecule has 0 radical (unpaired) electrons. The average molecular weight is 221 g/mol. The number of hydrogen-bond acceptors (Lipinski definition) is 3. The van der Waals surface area contributed by atoms with Crippen molar-refractivity contribution in [2.45, 2.75) is 47.6 Å². The van der Waals surface area contributed by atoms with Crippen LogP contribution < -0.4 is 5.32 Å². The highest BCUT2D eigenvalue weighted by molar-refractivity contribution is 5.25. The van der Waals surface area contributed by atoms with E-state index in [2.05, 4.69) is 49.3 Å². The van der Waals surface area contributed by atoms with Crippen molar-refractivity contribution < 1.29 is 0 Å². The van der Waals surface area contributed by atoms with Crippen LogP contribution >= 0.6 is 0 Å². The highest BCUT2D eigenvalue weighted by Gasteiger charge is 2.27. The van der Waals surface area contributed by atoms with Crippen molar-refractivity contribution in [3.05, 3.63) is 23.0 Å². The van der Waals surface area contributed by atoms with Crippen LogP contribution in [0.4, 0.5) is 0 Å². The minimum absolute atomic E-state index is 0.177. The van der Waals surface area contributed by atoms with Gasteiger partial charge < -0.3 is 5.32 Å². The molecular weight excluding hydrogens is 198 g/mol. The predicted molar refractivity (Wildman–Crippen MR) is 67.4 cm³/mol. The highest BCUT2D eigenvalue weighted by Crippen LogP contribution is 2.33. The summed E-state index contributed by atoms with van der Waals surface area (Å²) in [6.07, 6.45) is 0. The fraction of sp³-hybridized carbons (Fsp3) is 0.692. The van der Waals surface area contributed by atoms with Crippen LogP contribution in [0.1, 0.15) is 50.7 Å². The van der Waals surface area contributed by atoms with E-state index >= 15 is 0 Å². The summed E-state index contributed by atoms with van der Waals surface area (Å²) in [5.74, 6) is 0. The molecule has 0 aliphatic rings. The fourth-order valence-electron chi connectivity index (χ4n) is 1.95. The maximum absolute atomic E-state index is 4.21. The third-order valence-corrected chi connectivity index (χ3v) is 2.73. The molecule has 1 rings (SSSR count). The van der Waals surface area contributed by atoms with E-state index in [0.29, 0.717) is 6.04 Å². The first kappa shape index (κ1) is 13.1. The first-order valence-electron chi connectivity index (χ1n) is 5.90. The van der Waals surface area contributed by atoms with Crippen LogP contribution in [-0.4, -0.2) is 16.7 Å². The molecule has 1 unspecified atom stereocenters. The van der Waals surface area contributed by atoms with Gasteiger partial charge in [-0.15, -0.1) is 0 Å². The van der Waals surface area contributed by atoms with Gasteiger partial charge in [0.1, 0.15) is 0 Å². The van der Waals surface area contributed by atoms with E-state index in [4.69, 9.17) is 0 Å². The summed E-state index contributed by atoms with van der Waals surface area (Å²) < 4.78 is 0. The van der Waals surface area contributed by atoms with Gasteiger partial charge in [0.2, 0.25) is 0 Å². The Hall–Kier alpha value is -0.960. The summed E-state index contributed by atoms with van der Waals surface area (Å²) in [4.78, 5) is 0. The first-order chi connectivity index (χ1) is 7.36. The molecule has 1 heterocycles. The lowest BCUT2D eigenvalue weighted by atomic mass is 9.82. The molecule has 0 bridgehead atoms. The zero-order valence-corrected chi connectivity index (χ0v) is 11.3. The Labute approximate surface area is 98.7 Å². The van der Waals surface area contributed by atoms with Gasteiger partial charge in [-0.2, -0.15) is 10.2 Å². The predicted octanol–water partition coefficient (Wildman–Crippen LogP) is 2.79. The van der Waals surface area contributed by atoms with Crippen LogP contribution in [0.15, 0.2) is 6.07 Å². The summed E-state index contributed by atoms with van der Waals surface area (Å²) in [6.45, 7) is 13.8. The molecule has 1 N–H and O–H groups in total. The zero-order valence-electron chi connectivity index (χ0n) is 11.3. The molecule has 0 spiro atoms. The lowest BCUT2D eigenvalue weighted by Gasteiger charge is -2.32. The van der Waals surface area contributed by atoms with Crippen LogP contribution in [0.3, 0.4) is 0 Å². The van der Waals surface area contributed by atoms with Crippen LogP contribution in [0.5, 0.6) is 0 Å². The van der Waals surface area contributed by atoms with E-state index in [1.807, 2.05) is 13.8 Å². The van der Waals surface area contributed by atoms with Gasteiger partial charge in [-0.25, -0.2) is 0 Å². The molecule has 1 atom stereocenters. The molecule has 16 heavy (non-hydrogen) atoms. The Bertz CT molecular complexity index is 353. The van der Waals surface area contributed by atoms with Crippen molar-refractivity contribution in [2.24, 2.45) is 5.41 Å². The van der Waals surface area contributed by atoms with Crippen molar-refractivity contribution in [1.82, 2.24) is 15.5 Å². The quantitative estimate of drug-likeness (QED) is 0.853. The summed E-state index contributed by atoms with van der Waals surface area (Å²) in [5, 5.41) is 11.8. The van der Waals surface area contributed by atoms with Gasteiger partial charge in [0, 0.05) is 6.04 Å². The normalized spacial score (nSPS) is 13.9. The molecule has 90 valence electrons. The molecule has 0 aromatic carbocycles. The van der Waals surface area contributed by atoms with Gasteiger partial charge in [0.15, 0.2) is 0 Å². The van der Waals surface area contributed by atoms with E-state index in [9.17, 15) is 0 Å². The van der Waals surface area contributed by atoms with Crippen molar-refractivity contribution in [3.63, 3.8) is 0 Å². The Kier molecular flexibility index (Phi) is 4.03. The van der Waals surface area contributed by atoms with Gasteiger partial charge >= 0.3 is 0 Å². The number of nitrogens with zero attached hydrogens (tertiary/aromatic N) is 2. The van der Waals surface area contributed by atoms with E-state index < -0.39 is 0 Å². The maximum atomic E-state index is 4.21. The van der Waals surface area contributed by atoms with Crippen molar-refractivity contribution in [1.29, 1.82) is 0 Å². The standard InChI is InChI=1S/C13H23N3/c1-7-14-12(13(4,5)6)11-8-9(2)15-16-10(11)3/h8,12,14H,7H2,1-6H3. The second-order valence-corrected chi connectivity index (χ2v) is 5.38. The van der Waals surface area contributed by atoms with Gasteiger partial charge in [0.25, 0.3) is 0 Å². The van der Waals surface area contributed by atoms with Gasteiger partial charge in [-0.1, -0.05) is 27.7 Å². The molecule has 0 fully saturated rings. The summed E-state index contributed by atoms with van der Waals surface area (Å²) in [7, 11) is 0. The Morgan fingerprint density at radius 2 is 1.88 bits per heavy atom. The SMILES string of the molecule is CCNC(c1cc(C)nnc1C)C(C)(C)C. The largest absolute Gasteiger partial charge is 0.310 e. The molecule has 3 nitrogen and oxygen atoms in total. The number of rotatable bonds is 3. The Morgan fingerprint density at radius 1 is 1.25 bits per heavy atom. The Morgan fingerprint density at radius 3 is 2.38 bits per heavy atom. The third kappa shape index (κ3) is 3.01. The van der Waals surface area contributed by atoms with E-state index in [0.717, 1.165) is 17.9 Å². The second-order valence-electron chi connectivity index (χ2n) is 5.38. The molecule has 0 saturated carbocycles. The number of aromatic nitrogens is 2. The fourth-order valence-corrected chi connectivity index (χ4v) is 1.95. The lowest BCUT2D eigenvalue weighted by molar-refractivity contribution is 0.275. The minimum Gasteiger partial charge on any atom is -0.310 e. The van der Waals surface area contributed by atoms with Crippen LogP contribution in [0.2, 0.25) is 0 Å². The van der Waals surface area contributed by atoms with Gasteiger partial charge in [-0.05, 0) is 37.4 Å². The highest BCUT2D eigenvalue weighted by atomic mass is 15.1. The number of nitrogens with one attached hydrogen (secondary N) is 1. The van der Waals surface area contributed by atoms with Crippen LogP contribution in [-0.2, 0) is 0 Å². The first-order valence-corrected chi connectivity index (χ1v) is 5.90. The van der Waals surface area contributed by atoms with Gasteiger partial charge in [0.05, 0.1) is 11.4 Å². The zero-order chi connectivity index (χ0) is 12.3. The molecule has 0 saturated heterocycles. The van der Waals surface area contributed by atoms with Crippen molar-refractivity contribution in [2.75, 3.05) is 6.54 Å².